The number of pyridine rings is 1. The number of nitrogen functional groups attached to an aromatic ring is 1. The second kappa shape index (κ2) is 6.65. The number of carbonyl (C=O) groups is 1. The van der Waals surface area contributed by atoms with Gasteiger partial charge in [-0.15, -0.1) is 0 Å². The number of esters is 1. The minimum Gasteiger partial charge on any atom is -0.462 e. The van der Waals surface area contributed by atoms with Gasteiger partial charge in [-0.2, -0.15) is 0 Å². The molecule has 5 nitrogen and oxygen atoms in total. The summed E-state index contributed by atoms with van der Waals surface area (Å²) in [6.45, 7) is 1.93. The molecule has 110 valence electrons. The number of aromatic nitrogens is 1. The standard InChI is InChI=1S/C14H12Cl2N2O3/c1-2-20-14(19)10-6-9(17)7-18-13(10)21-12-4-3-8(15)5-11(12)16/h3-7H,2,17H2,1H3. The molecule has 0 saturated heterocycles. The molecule has 2 aromatic rings. The highest BCUT2D eigenvalue weighted by atomic mass is 35.5. The second-order valence-electron chi connectivity index (χ2n) is 4.02. The van der Waals surface area contributed by atoms with Crippen molar-refractivity contribution in [3.05, 3.63) is 46.1 Å². The number of nitrogens with two attached hydrogens (primary N) is 1. The number of halogens is 2. The maximum atomic E-state index is 11.9. The van der Waals surface area contributed by atoms with E-state index in [4.69, 9.17) is 38.4 Å². The van der Waals surface area contributed by atoms with Crippen molar-refractivity contribution < 1.29 is 14.3 Å². The Morgan fingerprint density at radius 2 is 2.10 bits per heavy atom. The van der Waals surface area contributed by atoms with E-state index in [1.807, 2.05) is 0 Å². The number of rotatable bonds is 4. The first-order valence-corrected chi connectivity index (χ1v) is 6.82. The summed E-state index contributed by atoms with van der Waals surface area (Å²) in [4.78, 5) is 15.9. The fraction of sp³-hybridized carbons (Fsp3) is 0.143. The highest BCUT2D eigenvalue weighted by Crippen LogP contribution is 2.32. The zero-order valence-corrected chi connectivity index (χ0v) is 12.6. The van der Waals surface area contributed by atoms with E-state index in [9.17, 15) is 4.79 Å². The topological polar surface area (TPSA) is 74.4 Å². The molecule has 0 aliphatic heterocycles. The molecule has 1 heterocycles. The molecule has 0 radical (unpaired) electrons. The van der Waals surface area contributed by atoms with Gasteiger partial charge < -0.3 is 15.2 Å². The molecule has 1 aromatic carbocycles. The van der Waals surface area contributed by atoms with E-state index in [-0.39, 0.29) is 18.1 Å². The zero-order valence-electron chi connectivity index (χ0n) is 11.1. The van der Waals surface area contributed by atoms with Crippen LogP contribution in [0, 0.1) is 0 Å². The van der Waals surface area contributed by atoms with Gasteiger partial charge >= 0.3 is 5.97 Å². The van der Waals surface area contributed by atoms with Crippen LogP contribution in [0.15, 0.2) is 30.5 Å². The van der Waals surface area contributed by atoms with Crippen molar-refractivity contribution in [2.75, 3.05) is 12.3 Å². The molecule has 7 heteroatoms. The third-order valence-electron chi connectivity index (χ3n) is 2.47. The lowest BCUT2D eigenvalue weighted by atomic mass is 10.2. The minimum absolute atomic E-state index is 0.0619. The molecule has 0 fully saturated rings. The van der Waals surface area contributed by atoms with Crippen molar-refractivity contribution in [3.63, 3.8) is 0 Å². The number of hydrogen-bond acceptors (Lipinski definition) is 5. The molecule has 2 rings (SSSR count). The lowest BCUT2D eigenvalue weighted by molar-refractivity contribution is 0.0523. The summed E-state index contributed by atoms with van der Waals surface area (Å²) in [6, 6.07) is 6.16. The fourth-order valence-electron chi connectivity index (χ4n) is 1.57. The Balaban J connectivity index is 2.37. The summed E-state index contributed by atoms with van der Waals surface area (Å²) < 4.78 is 10.5. The molecule has 2 N–H and O–H groups in total. The average molecular weight is 327 g/mol. The Hall–Kier alpha value is -1.98. The van der Waals surface area contributed by atoms with E-state index in [0.29, 0.717) is 21.5 Å². The summed E-state index contributed by atoms with van der Waals surface area (Å²) in [5, 5.41) is 0.777. The predicted octanol–water partition coefficient (Wildman–Crippen LogP) is 3.94. The third kappa shape index (κ3) is 3.77. The Morgan fingerprint density at radius 1 is 1.33 bits per heavy atom. The molecule has 0 aliphatic carbocycles. The Kier molecular flexibility index (Phi) is 4.88. The van der Waals surface area contributed by atoms with Crippen LogP contribution in [-0.4, -0.2) is 17.6 Å². The van der Waals surface area contributed by atoms with Gasteiger partial charge in [0.2, 0.25) is 5.88 Å². The second-order valence-corrected chi connectivity index (χ2v) is 4.86. The van der Waals surface area contributed by atoms with Crippen LogP contribution in [0.4, 0.5) is 5.69 Å². The number of anilines is 1. The van der Waals surface area contributed by atoms with Crippen LogP contribution in [-0.2, 0) is 4.74 Å². The fourth-order valence-corrected chi connectivity index (χ4v) is 2.01. The molecular formula is C14H12Cl2N2O3. The summed E-state index contributed by atoms with van der Waals surface area (Å²) in [5.74, 6) is -0.187. The Bertz CT molecular complexity index is 677. The van der Waals surface area contributed by atoms with Gasteiger partial charge in [-0.1, -0.05) is 23.2 Å². The van der Waals surface area contributed by atoms with Crippen molar-refractivity contribution >= 4 is 34.9 Å². The summed E-state index contributed by atoms with van der Waals surface area (Å²) in [7, 11) is 0. The average Bonchev–Trinajstić information content (AvgIpc) is 2.43. The van der Waals surface area contributed by atoms with Crippen molar-refractivity contribution in [1.82, 2.24) is 4.98 Å². The van der Waals surface area contributed by atoms with Gasteiger partial charge in [0.25, 0.3) is 0 Å². The van der Waals surface area contributed by atoms with Crippen molar-refractivity contribution in [2.24, 2.45) is 0 Å². The highest BCUT2D eigenvalue weighted by Gasteiger charge is 2.17. The van der Waals surface area contributed by atoms with E-state index in [0.717, 1.165) is 0 Å². The van der Waals surface area contributed by atoms with Crippen LogP contribution >= 0.6 is 23.2 Å². The van der Waals surface area contributed by atoms with E-state index >= 15 is 0 Å². The van der Waals surface area contributed by atoms with Crippen LogP contribution < -0.4 is 10.5 Å². The predicted molar refractivity (Wildman–Crippen MR) is 81.1 cm³/mol. The SMILES string of the molecule is CCOC(=O)c1cc(N)cnc1Oc1ccc(Cl)cc1Cl. The van der Waals surface area contributed by atoms with Crippen molar-refractivity contribution in [2.45, 2.75) is 6.92 Å². The Labute approximate surface area is 131 Å². The van der Waals surface area contributed by atoms with E-state index in [2.05, 4.69) is 4.98 Å². The van der Waals surface area contributed by atoms with Crippen LogP contribution in [0.5, 0.6) is 11.6 Å². The van der Waals surface area contributed by atoms with E-state index in [1.165, 1.54) is 18.3 Å². The summed E-state index contributed by atoms with van der Waals surface area (Å²) in [6.07, 6.45) is 1.38. The number of hydrogen-bond donors (Lipinski definition) is 1. The number of benzene rings is 1. The van der Waals surface area contributed by atoms with Gasteiger partial charge in [0.1, 0.15) is 11.3 Å². The molecule has 0 aliphatic rings. The summed E-state index contributed by atoms with van der Waals surface area (Å²) in [5.41, 5.74) is 6.09. The zero-order chi connectivity index (χ0) is 15.4. The van der Waals surface area contributed by atoms with Gasteiger partial charge in [0, 0.05) is 5.02 Å². The summed E-state index contributed by atoms with van der Waals surface area (Å²) >= 11 is 11.8. The molecular weight excluding hydrogens is 315 g/mol. The number of ether oxygens (including phenoxy) is 2. The lowest BCUT2D eigenvalue weighted by Gasteiger charge is -2.11. The molecule has 0 bridgehead atoms. The van der Waals surface area contributed by atoms with Gasteiger partial charge in [0.05, 0.1) is 23.5 Å². The van der Waals surface area contributed by atoms with Crippen LogP contribution in [0.25, 0.3) is 0 Å². The third-order valence-corrected chi connectivity index (χ3v) is 3.00. The van der Waals surface area contributed by atoms with Gasteiger partial charge in [-0.3, -0.25) is 0 Å². The molecule has 0 spiro atoms. The number of nitrogens with zero attached hydrogens (tertiary/aromatic N) is 1. The Morgan fingerprint density at radius 3 is 2.76 bits per heavy atom. The molecule has 0 amide bonds. The quantitative estimate of drug-likeness (QED) is 0.861. The largest absolute Gasteiger partial charge is 0.462 e. The van der Waals surface area contributed by atoms with Crippen molar-refractivity contribution in [1.29, 1.82) is 0 Å². The molecule has 0 unspecified atom stereocenters. The normalized spacial score (nSPS) is 10.2. The van der Waals surface area contributed by atoms with E-state index < -0.39 is 5.97 Å². The van der Waals surface area contributed by atoms with E-state index in [1.54, 1.807) is 19.1 Å². The lowest BCUT2D eigenvalue weighted by Crippen LogP contribution is -2.08. The maximum absolute atomic E-state index is 11.9. The van der Waals surface area contributed by atoms with Crippen LogP contribution in [0.3, 0.4) is 0 Å². The maximum Gasteiger partial charge on any atom is 0.343 e. The first-order valence-electron chi connectivity index (χ1n) is 6.06. The molecule has 1 aromatic heterocycles. The first kappa shape index (κ1) is 15.4. The smallest absolute Gasteiger partial charge is 0.343 e. The van der Waals surface area contributed by atoms with Gasteiger partial charge in [0.15, 0.2) is 0 Å². The van der Waals surface area contributed by atoms with Gasteiger partial charge in [-0.25, -0.2) is 9.78 Å². The molecule has 21 heavy (non-hydrogen) atoms. The monoisotopic (exact) mass is 326 g/mol. The first-order chi connectivity index (χ1) is 10.0. The minimum atomic E-state index is -0.572. The van der Waals surface area contributed by atoms with Gasteiger partial charge in [-0.05, 0) is 31.2 Å². The van der Waals surface area contributed by atoms with Crippen molar-refractivity contribution in [3.8, 4) is 11.6 Å². The highest BCUT2D eigenvalue weighted by molar-refractivity contribution is 6.35. The van der Waals surface area contributed by atoms with Crippen LogP contribution in [0.2, 0.25) is 10.0 Å². The van der Waals surface area contributed by atoms with Crippen LogP contribution in [0.1, 0.15) is 17.3 Å². The molecule has 0 saturated carbocycles. The molecule has 0 atom stereocenters. The number of carbonyl (C=O) groups excluding carboxylic acids is 1.